The van der Waals surface area contributed by atoms with Crippen LogP contribution in [-0.4, -0.2) is 27.6 Å². The highest BCUT2D eigenvalue weighted by molar-refractivity contribution is 5.88. The lowest BCUT2D eigenvalue weighted by Crippen LogP contribution is -2.46. The Hall–Kier alpha value is -3.41. The molecule has 3 aromatic rings. The Balaban J connectivity index is 1.47. The molecule has 1 aliphatic carbocycles. The fraction of sp³-hybridized carbons (Fsp3) is 0.320. The number of hydrogen-bond acceptors (Lipinski definition) is 3. The summed E-state index contributed by atoms with van der Waals surface area (Å²) in [6.45, 7) is 2.06. The number of rotatable bonds is 7. The summed E-state index contributed by atoms with van der Waals surface area (Å²) in [6.07, 6.45) is 5.96. The minimum absolute atomic E-state index is 0.0120. The van der Waals surface area contributed by atoms with Gasteiger partial charge in [-0.2, -0.15) is 5.10 Å². The monoisotopic (exact) mass is 416 g/mol. The summed E-state index contributed by atoms with van der Waals surface area (Å²) < 4.78 is 1.83. The highest BCUT2D eigenvalue weighted by Crippen LogP contribution is 2.25. The third-order valence-electron chi connectivity index (χ3n) is 5.79. The van der Waals surface area contributed by atoms with Crippen LogP contribution in [0, 0.1) is 5.92 Å². The fourth-order valence-electron chi connectivity index (χ4n) is 4.01. The number of carbonyl (C=O) groups excluding carboxylic acids is 2. The largest absolute Gasteiger partial charge is 0.350 e. The summed E-state index contributed by atoms with van der Waals surface area (Å²) in [6, 6.07) is 19.2. The molecule has 1 aliphatic rings. The van der Waals surface area contributed by atoms with Gasteiger partial charge in [0.2, 0.25) is 11.8 Å². The van der Waals surface area contributed by atoms with Crippen molar-refractivity contribution < 1.29 is 9.59 Å². The van der Waals surface area contributed by atoms with Crippen LogP contribution >= 0.6 is 0 Å². The van der Waals surface area contributed by atoms with Crippen molar-refractivity contribution in [2.75, 3.05) is 0 Å². The van der Waals surface area contributed by atoms with E-state index in [2.05, 4.69) is 10.6 Å². The van der Waals surface area contributed by atoms with Crippen LogP contribution in [0.3, 0.4) is 0 Å². The molecule has 0 bridgehead atoms. The van der Waals surface area contributed by atoms with Gasteiger partial charge < -0.3 is 10.6 Å². The summed E-state index contributed by atoms with van der Waals surface area (Å²) in [5.41, 5.74) is 3.68. The minimum atomic E-state index is -0.572. The van der Waals surface area contributed by atoms with Crippen LogP contribution in [0.25, 0.3) is 16.9 Å². The molecule has 1 fully saturated rings. The smallest absolute Gasteiger partial charge is 0.242 e. The Morgan fingerprint density at radius 2 is 1.68 bits per heavy atom. The first-order chi connectivity index (χ1) is 15.1. The van der Waals surface area contributed by atoms with E-state index in [1.54, 1.807) is 6.92 Å². The molecule has 4 rings (SSSR count). The van der Waals surface area contributed by atoms with Crippen molar-refractivity contribution in [3.63, 3.8) is 0 Å². The van der Waals surface area contributed by atoms with Crippen molar-refractivity contribution in [2.45, 2.75) is 45.2 Å². The predicted octanol–water partition coefficient (Wildman–Crippen LogP) is 3.85. The third-order valence-corrected chi connectivity index (χ3v) is 5.79. The highest BCUT2D eigenvalue weighted by atomic mass is 16.2. The lowest BCUT2D eigenvalue weighted by atomic mass is 10.1. The van der Waals surface area contributed by atoms with Crippen LogP contribution in [0.5, 0.6) is 0 Å². The Labute approximate surface area is 182 Å². The van der Waals surface area contributed by atoms with Crippen LogP contribution in [0.15, 0.2) is 66.9 Å². The summed E-state index contributed by atoms with van der Waals surface area (Å²) in [5.74, 6) is -0.163. The molecule has 0 aliphatic heterocycles. The van der Waals surface area contributed by atoms with Gasteiger partial charge in [0.25, 0.3) is 0 Å². The molecule has 0 radical (unpaired) electrons. The van der Waals surface area contributed by atoms with Gasteiger partial charge in [0, 0.05) is 29.8 Å². The van der Waals surface area contributed by atoms with E-state index in [0.717, 1.165) is 48.2 Å². The fourth-order valence-corrected chi connectivity index (χ4v) is 4.01. The number of hydrogen-bond donors (Lipinski definition) is 2. The van der Waals surface area contributed by atoms with Crippen molar-refractivity contribution in [2.24, 2.45) is 5.92 Å². The molecule has 31 heavy (non-hydrogen) atoms. The van der Waals surface area contributed by atoms with Crippen LogP contribution in [-0.2, 0) is 16.1 Å². The quantitative estimate of drug-likeness (QED) is 0.614. The van der Waals surface area contributed by atoms with Crippen molar-refractivity contribution in [1.29, 1.82) is 0 Å². The zero-order valence-corrected chi connectivity index (χ0v) is 17.8. The van der Waals surface area contributed by atoms with Crippen molar-refractivity contribution in [3.8, 4) is 16.9 Å². The Morgan fingerprint density at radius 3 is 2.35 bits per heavy atom. The maximum atomic E-state index is 12.6. The Kier molecular flexibility index (Phi) is 6.46. The average Bonchev–Trinajstić information content (AvgIpc) is 3.49. The molecule has 2 N–H and O–H groups in total. The Morgan fingerprint density at radius 1 is 1.03 bits per heavy atom. The zero-order chi connectivity index (χ0) is 21.6. The van der Waals surface area contributed by atoms with Gasteiger partial charge in [0.1, 0.15) is 6.04 Å². The minimum Gasteiger partial charge on any atom is -0.350 e. The number of nitrogens with one attached hydrogen (secondary N) is 2. The summed E-state index contributed by atoms with van der Waals surface area (Å²) in [5, 5.41) is 10.6. The zero-order valence-electron chi connectivity index (χ0n) is 17.8. The standard InChI is InChI=1S/C25H28N4O2/c1-18(27-25(31)20-12-8-9-13-20)24(30)26-16-21-17-29(22-14-6-3-7-15-22)28-23(21)19-10-4-2-5-11-19/h2-7,10-11,14-15,17-18,20H,8-9,12-13,16H2,1H3,(H,26,30)(H,27,31)/t18-/m0/s1. The van der Waals surface area contributed by atoms with Crippen LogP contribution < -0.4 is 10.6 Å². The molecular formula is C25H28N4O2. The van der Waals surface area contributed by atoms with E-state index in [4.69, 9.17) is 5.10 Å². The normalized spacial score (nSPS) is 14.9. The highest BCUT2D eigenvalue weighted by Gasteiger charge is 2.25. The number of carbonyl (C=O) groups is 2. The summed E-state index contributed by atoms with van der Waals surface area (Å²) in [4.78, 5) is 25.0. The van der Waals surface area contributed by atoms with Gasteiger partial charge in [-0.15, -0.1) is 0 Å². The van der Waals surface area contributed by atoms with E-state index in [1.807, 2.05) is 71.5 Å². The van der Waals surface area contributed by atoms with Crippen LogP contribution in [0.1, 0.15) is 38.2 Å². The first-order valence-corrected chi connectivity index (χ1v) is 10.9. The molecular weight excluding hydrogens is 388 g/mol. The van der Waals surface area contributed by atoms with E-state index in [-0.39, 0.29) is 17.7 Å². The van der Waals surface area contributed by atoms with Gasteiger partial charge >= 0.3 is 0 Å². The van der Waals surface area contributed by atoms with Crippen LogP contribution in [0.4, 0.5) is 0 Å². The molecule has 160 valence electrons. The second kappa shape index (κ2) is 9.60. The number of nitrogens with zero attached hydrogens (tertiary/aromatic N) is 2. The lowest BCUT2D eigenvalue weighted by molar-refractivity contribution is -0.130. The van der Waals surface area contributed by atoms with Gasteiger partial charge in [-0.05, 0) is 31.9 Å². The predicted molar refractivity (Wildman–Crippen MR) is 120 cm³/mol. The molecule has 2 aromatic carbocycles. The molecule has 1 heterocycles. The van der Waals surface area contributed by atoms with E-state index in [9.17, 15) is 9.59 Å². The second-order valence-electron chi connectivity index (χ2n) is 8.08. The van der Waals surface area contributed by atoms with E-state index < -0.39 is 6.04 Å². The SMILES string of the molecule is C[C@H](NC(=O)C1CCCC1)C(=O)NCc1cn(-c2ccccc2)nc1-c1ccccc1. The van der Waals surface area contributed by atoms with Gasteiger partial charge in [0.05, 0.1) is 11.4 Å². The average molecular weight is 417 g/mol. The van der Waals surface area contributed by atoms with Gasteiger partial charge in [-0.25, -0.2) is 4.68 Å². The summed E-state index contributed by atoms with van der Waals surface area (Å²) in [7, 11) is 0. The van der Waals surface area contributed by atoms with E-state index in [0.29, 0.717) is 6.54 Å². The molecule has 6 nitrogen and oxygen atoms in total. The van der Waals surface area contributed by atoms with Crippen LogP contribution in [0.2, 0.25) is 0 Å². The van der Waals surface area contributed by atoms with Crippen molar-refractivity contribution >= 4 is 11.8 Å². The van der Waals surface area contributed by atoms with Crippen molar-refractivity contribution in [3.05, 3.63) is 72.4 Å². The van der Waals surface area contributed by atoms with Gasteiger partial charge in [0.15, 0.2) is 0 Å². The van der Waals surface area contributed by atoms with E-state index in [1.165, 1.54) is 0 Å². The lowest BCUT2D eigenvalue weighted by Gasteiger charge is -2.16. The molecule has 1 atom stereocenters. The number of benzene rings is 2. The van der Waals surface area contributed by atoms with Crippen molar-refractivity contribution in [1.82, 2.24) is 20.4 Å². The maximum absolute atomic E-state index is 12.6. The van der Waals surface area contributed by atoms with Gasteiger partial charge in [-0.3, -0.25) is 9.59 Å². The molecule has 0 unspecified atom stereocenters. The van der Waals surface area contributed by atoms with E-state index >= 15 is 0 Å². The molecule has 2 amide bonds. The molecule has 6 heteroatoms. The first kappa shape index (κ1) is 20.8. The Bertz CT molecular complexity index is 1020. The topological polar surface area (TPSA) is 76.0 Å². The number of amides is 2. The van der Waals surface area contributed by atoms with Gasteiger partial charge in [-0.1, -0.05) is 61.4 Å². The number of para-hydroxylation sites is 1. The molecule has 0 saturated heterocycles. The molecule has 1 saturated carbocycles. The maximum Gasteiger partial charge on any atom is 0.242 e. The molecule has 1 aromatic heterocycles. The second-order valence-corrected chi connectivity index (χ2v) is 8.08. The molecule has 0 spiro atoms. The first-order valence-electron chi connectivity index (χ1n) is 10.9. The number of aromatic nitrogens is 2. The third kappa shape index (κ3) is 5.02. The summed E-state index contributed by atoms with van der Waals surface area (Å²) >= 11 is 0.